The maximum absolute atomic E-state index is 10.2. The first kappa shape index (κ1) is 15.7. The quantitative estimate of drug-likeness (QED) is 0.837. The number of aliphatic hydroxyl groups is 1. The minimum absolute atomic E-state index is 0.0696. The predicted octanol–water partition coefficient (Wildman–Crippen LogP) is 0.379. The molecule has 0 spiro atoms. The fourth-order valence-corrected chi connectivity index (χ4v) is 3.94. The molecule has 0 aliphatic carbocycles. The Labute approximate surface area is 140 Å². The minimum Gasteiger partial charge on any atom is -0.394 e. The molecule has 2 aliphatic heterocycles. The van der Waals surface area contributed by atoms with Gasteiger partial charge in [-0.3, -0.25) is 4.90 Å². The molecule has 4 heterocycles. The third kappa shape index (κ3) is 2.37. The standard InChI is InChI=1S/C16H24N6O2/c1-11-12(2)20-15-18-10-19-22(15)14(11)17-7-16(8-23)9-24-6-13-4-3-5-21(13)16/h10,13,17,23H,3-9H2,1-2H3/t13-,16+/m0/s1. The number of aromatic nitrogens is 4. The van der Waals surface area contributed by atoms with E-state index in [0.29, 0.717) is 25.0 Å². The highest BCUT2D eigenvalue weighted by molar-refractivity contribution is 5.52. The van der Waals surface area contributed by atoms with Crippen LogP contribution in [-0.2, 0) is 4.74 Å². The molecule has 0 unspecified atom stereocenters. The van der Waals surface area contributed by atoms with Gasteiger partial charge < -0.3 is 15.2 Å². The summed E-state index contributed by atoms with van der Waals surface area (Å²) in [6.07, 6.45) is 3.81. The summed E-state index contributed by atoms with van der Waals surface area (Å²) in [6.45, 7) is 6.98. The second-order valence-electron chi connectivity index (χ2n) is 6.88. The van der Waals surface area contributed by atoms with Gasteiger partial charge in [0.2, 0.25) is 0 Å². The van der Waals surface area contributed by atoms with E-state index in [1.54, 1.807) is 4.52 Å². The topological polar surface area (TPSA) is 87.8 Å². The highest BCUT2D eigenvalue weighted by Gasteiger charge is 2.46. The average molecular weight is 332 g/mol. The number of hydrogen-bond donors (Lipinski definition) is 2. The van der Waals surface area contributed by atoms with Crippen LogP contribution < -0.4 is 5.32 Å². The fraction of sp³-hybridized carbons (Fsp3) is 0.688. The first-order chi connectivity index (χ1) is 11.6. The van der Waals surface area contributed by atoms with Crippen molar-refractivity contribution >= 4 is 11.6 Å². The van der Waals surface area contributed by atoms with Crippen LogP contribution in [0.3, 0.4) is 0 Å². The van der Waals surface area contributed by atoms with Crippen LogP contribution in [0.4, 0.5) is 5.82 Å². The molecular formula is C16H24N6O2. The number of aliphatic hydroxyl groups excluding tert-OH is 1. The third-order valence-corrected chi connectivity index (χ3v) is 5.45. The Hall–Kier alpha value is -1.77. The number of ether oxygens (including phenoxy) is 1. The number of anilines is 1. The zero-order chi connectivity index (χ0) is 16.7. The Morgan fingerprint density at radius 3 is 3.17 bits per heavy atom. The Morgan fingerprint density at radius 2 is 2.33 bits per heavy atom. The summed E-state index contributed by atoms with van der Waals surface area (Å²) in [4.78, 5) is 11.1. The minimum atomic E-state index is -0.393. The highest BCUT2D eigenvalue weighted by atomic mass is 16.5. The van der Waals surface area contributed by atoms with Crippen LogP contribution in [0, 0.1) is 13.8 Å². The third-order valence-electron chi connectivity index (χ3n) is 5.45. The van der Waals surface area contributed by atoms with Gasteiger partial charge in [0.25, 0.3) is 5.78 Å². The summed E-state index contributed by atoms with van der Waals surface area (Å²) in [5.41, 5.74) is 1.57. The highest BCUT2D eigenvalue weighted by Crippen LogP contribution is 2.32. The van der Waals surface area contributed by atoms with E-state index < -0.39 is 5.54 Å². The summed E-state index contributed by atoms with van der Waals surface area (Å²) < 4.78 is 7.54. The SMILES string of the molecule is Cc1nc2ncnn2c(NC[C@@]2(CO)COC[C@@H]3CCCN32)c1C. The molecule has 0 bridgehead atoms. The van der Waals surface area contributed by atoms with Gasteiger partial charge in [0.15, 0.2) is 0 Å². The van der Waals surface area contributed by atoms with Crippen molar-refractivity contribution in [2.24, 2.45) is 0 Å². The number of nitrogens with zero attached hydrogens (tertiary/aromatic N) is 5. The van der Waals surface area contributed by atoms with Crippen LogP contribution in [0.1, 0.15) is 24.1 Å². The van der Waals surface area contributed by atoms with Gasteiger partial charge in [-0.1, -0.05) is 0 Å². The largest absolute Gasteiger partial charge is 0.394 e. The predicted molar refractivity (Wildman–Crippen MR) is 89.1 cm³/mol. The van der Waals surface area contributed by atoms with Crippen LogP contribution in [0.2, 0.25) is 0 Å². The molecule has 4 rings (SSSR count). The number of fused-ring (bicyclic) bond motifs is 2. The van der Waals surface area contributed by atoms with Gasteiger partial charge in [0.05, 0.1) is 25.4 Å². The Morgan fingerprint density at radius 1 is 1.46 bits per heavy atom. The lowest BCUT2D eigenvalue weighted by atomic mass is 9.96. The van der Waals surface area contributed by atoms with Crippen molar-refractivity contribution in [3.63, 3.8) is 0 Å². The second-order valence-corrected chi connectivity index (χ2v) is 6.88. The summed E-state index contributed by atoms with van der Waals surface area (Å²) >= 11 is 0. The number of aryl methyl sites for hydroxylation is 1. The monoisotopic (exact) mass is 332 g/mol. The van der Waals surface area contributed by atoms with Crippen molar-refractivity contribution in [1.29, 1.82) is 0 Å². The molecule has 2 N–H and O–H groups in total. The number of morpholine rings is 1. The second kappa shape index (κ2) is 5.94. The smallest absolute Gasteiger partial charge is 0.254 e. The van der Waals surface area contributed by atoms with Crippen molar-refractivity contribution in [2.45, 2.75) is 38.3 Å². The van der Waals surface area contributed by atoms with Gasteiger partial charge in [-0.25, -0.2) is 4.98 Å². The van der Waals surface area contributed by atoms with E-state index in [-0.39, 0.29) is 6.61 Å². The number of hydrogen-bond acceptors (Lipinski definition) is 7. The van der Waals surface area contributed by atoms with Crippen LogP contribution in [0.5, 0.6) is 0 Å². The van der Waals surface area contributed by atoms with E-state index in [1.165, 1.54) is 6.33 Å². The van der Waals surface area contributed by atoms with Gasteiger partial charge in [-0.15, -0.1) is 0 Å². The Kier molecular flexibility index (Phi) is 3.90. The first-order valence-corrected chi connectivity index (χ1v) is 8.51. The van der Waals surface area contributed by atoms with E-state index in [9.17, 15) is 5.11 Å². The van der Waals surface area contributed by atoms with Crippen LogP contribution in [0.25, 0.3) is 5.78 Å². The lowest BCUT2D eigenvalue weighted by Gasteiger charge is -2.47. The molecule has 0 amide bonds. The number of rotatable bonds is 4. The lowest BCUT2D eigenvalue weighted by molar-refractivity contribution is -0.101. The van der Waals surface area contributed by atoms with E-state index >= 15 is 0 Å². The van der Waals surface area contributed by atoms with Crippen molar-refractivity contribution in [2.75, 3.05) is 38.2 Å². The van der Waals surface area contributed by atoms with E-state index in [4.69, 9.17) is 4.74 Å². The molecule has 24 heavy (non-hydrogen) atoms. The molecular weight excluding hydrogens is 308 g/mol. The normalized spacial score (nSPS) is 27.5. The molecule has 2 aromatic rings. The van der Waals surface area contributed by atoms with Gasteiger partial charge in [-0.2, -0.15) is 14.6 Å². The zero-order valence-corrected chi connectivity index (χ0v) is 14.2. The van der Waals surface area contributed by atoms with Gasteiger partial charge >= 0.3 is 0 Å². The molecule has 0 radical (unpaired) electrons. The molecule has 0 saturated carbocycles. The fourth-order valence-electron chi connectivity index (χ4n) is 3.94. The maximum Gasteiger partial charge on any atom is 0.254 e. The van der Waals surface area contributed by atoms with Crippen molar-refractivity contribution in [3.05, 3.63) is 17.6 Å². The molecule has 2 aromatic heterocycles. The molecule has 8 nitrogen and oxygen atoms in total. The maximum atomic E-state index is 10.2. The number of nitrogens with one attached hydrogen (secondary N) is 1. The molecule has 2 fully saturated rings. The van der Waals surface area contributed by atoms with Crippen LogP contribution in [-0.4, -0.2) is 74.1 Å². The zero-order valence-electron chi connectivity index (χ0n) is 14.2. The molecule has 130 valence electrons. The molecule has 2 saturated heterocycles. The van der Waals surface area contributed by atoms with Gasteiger partial charge in [-0.05, 0) is 33.2 Å². The van der Waals surface area contributed by atoms with Crippen LogP contribution in [0.15, 0.2) is 6.33 Å². The summed E-state index contributed by atoms with van der Waals surface area (Å²) in [5, 5.41) is 17.9. The summed E-state index contributed by atoms with van der Waals surface area (Å²) in [5.74, 6) is 1.46. The van der Waals surface area contributed by atoms with Crippen molar-refractivity contribution < 1.29 is 9.84 Å². The Bertz CT molecular complexity index is 747. The lowest BCUT2D eigenvalue weighted by Crippen LogP contribution is -2.64. The van der Waals surface area contributed by atoms with Crippen molar-refractivity contribution in [1.82, 2.24) is 24.5 Å². The summed E-state index contributed by atoms with van der Waals surface area (Å²) in [7, 11) is 0. The first-order valence-electron chi connectivity index (χ1n) is 8.51. The average Bonchev–Trinajstić information content (AvgIpc) is 3.24. The Balaban J connectivity index is 1.64. The molecule has 2 aliphatic rings. The molecule has 8 heteroatoms. The van der Waals surface area contributed by atoms with E-state index in [2.05, 4.69) is 25.3 Å². The van der Waals surface area contributed by atoms with Crippen molar-refractivity contribution in [3.8, 4) is 0 Å². The van der Waals surface area contributed by atoms with Gasteiger partial charge in [0, 0.05) is 23.8 Å². The van der Waals surface area contributed by atoms with Crippen LogP contribution >= 0.6 is 0 Å². The molecule has 0 aromatic carbocycles. The summed E-state index contributed by atoms with van der Waals surface area (Å²) in [6, 6.07) is 0.416. The van der Waals surface area contributed by atoms with Gasteiger partial charge in [0.1, 0.15) is 12.1 Å². The molecule has 2 atom stereocenters. The van der Waals surface area contributed by atoms with E-state index in [1.807, 2.05) is 13.8 Å². The van der Waals surface area contributed by atoms with E-state index in [0.717, 1.165) is 43.1 Å².